The fourth-order valence-electron chi connectivity index (χ4n) is 1.46. The van der Waals surface area contributed by atoms with Crippen molar-refractivity contribution in [2.24, 2.45) is 0 Å². The zero-order valence-electron chi connectivity index (χ0n) is 10.6. The minimum Gasteiger partial charge on any atom is -0.399 e. The fourth-order valence-corrected chi connectivity index (χ4v) is 1.89. The van der Waals surface area contributed by atoms with Gasteiger partial charge in [0, 0.05) is 24.4 Å². The second kappa shape index (κ2) is 8.97. The third-order valence-electron chi connectivity index (χ3n) is 2.37. The van der Waals surface area contributed by atoms with Crippen molar-refractivity contribution in [2.45, 2.75) is 18.3 Å². The van der Waals surface area contributed by atoms with Crippen LogP contribution in [0.2, 0.25) is 0 Å². The number of nitrogen functional groups attached to an aromatic ring is 1. The Balaban J connectivity index is 0.00000361. The van der Waals surface area contributed by atoms with Crippen LogP contribution in [0.1, 0.15) is 12.0 Å². The van der Waals surface area contributed by atoms with E-state index in [0.29, 0.717) is 12.1 Å². The van der Waals surface area contributed by atoms with E-state index in [1.165, 1.54) is 0 Å². The minimum atomic E-state index is -4.25. The highest BCUT2D eigenvalue weighted by Crippen LogP contribution is 2.29. The smallest absolute Gasteiger partial charge is 0.399 e. The predicted molar refractivity (Wildman–Crippen MR) is 77.9 cm³/mol. The summed E-state index contributed by atoms with van der Waals surface area (Å²) in [6, 6.07) is 7.19. The van der Waals surface area contributed by atoms with Crippen LogP contribution >= 0.6 is 24.2 Å². The molecule has 0 bridgehead atoms. The number of nitrogens with one attached hydrogen (secondary N) is 1. The summed E-state index contributed by atoms with van der Waals surface area (Å²) in [7, 11) is 0. The molecule has 1 aromatic rings. The maximum atomic E-state index is 11.8. The average molecular weight is 329 g/mol. The quantitative estimate of drug-likeness (QED) is 0.623. The number of halogens is 4. The van der Waals surface area contributed by atoms with Gasteiger partial charge in [-0.2, -0.15) is 13.2 Å². The summed E-state index contributed by atoms with van der Waals surface area (Å²) < 4.78 is 35.5. The SMILES string of the molecule is Cl.Nc1ccccc1CCC(=O)NCCSC(F)(F)F. The van der Waals surface area contributed by atoms with E-state index in [4.69, 9.17) is 5.73 Å². The van der Waals surface area contributed by atoms with Gasteiger partial charge in [0.25, 0.3) is 0 Å². The maximum Gasteiger partial charge on any atom is 0.441 e. The van der Waals surface area contributed by atoms with Crippen LogP contribution < -0.4 is 11.1 Å². The second-order valence-corrected chi connectivity index (χ2v) is 5.00. The summed E-state index contributed by atoms with van der Waals surface area (Å²) in [6.45, 7) is 0.00722. The maximum absolute atomic E-state index is 11.8. The van der Waals surface area contributed by atoms with Gasteiger partial charge in [0.2, 0.25) is 5.91 Å². The molecule has 1 rings (SSSR count). The number of rotatable bonds is 6. The number of aryl methyl sites for hydroxylation is 1. The first-order valence-corrected chi connectivity index (χ1v) is 6.68. The molecular formula is C12H16ClF3N2OS. The number of alkyl halides is 3. The molecule has 0 aromatic heterocycles. The molecule has 3 nitrogen and oxygen atoms in total. The topological polar surface area (TPSA) is 55.1 Å². The minimum absolute atomic E-state index is 0. The van der Waals surface area contributed by atoms with E-state index in [2.05, 4.69) is 5.32 Å². The first-order valence-electron chi connectivity index (χ1n) is 5.69. The molecule has 0 fully saturated rings. The molecule has 1 amide bonds. The lowest BCUT2D eigenvalue weighted by atomic mass is 10.1. The van der Waals surface area contributed by atoms with Gasteiger partial charge in [-0.3, -0.25) is 4.79 Å². The van der Waals surface area contributed by atoms with E-state index in [0.717, 1.165) is 5.56 Å². The summed E-state index contributed by atoms with van der Waals surface area (Å²) in [5.74, 6) is -0.450. The van der Waals surface area contributed by atoms with E-state index in [1.54, 1.807) is 12.1 Å². The number of amides is 1. The molecule has 8 heteroatoms. The van der Waals surface area contributed by atoms with Crippen LogP contribution in [0.15, 0.2) is 24.3 Å². The number of thioether (sulfide) groups is 1. The van der Waals surface area contributed by atoms with Gasteiger partial charge in [0.05, 0.1) is 0 Å². The van der Waals surface area contributed by atoms with Gasteiger partial charge in [0.1, 0.15) is 0 Å². The van der Waals surface area contributed by atoms with E-state index < -0.39 is 5.51 Å². The molecule has 0 atom stereocenters. The zero-order valence-corrected chi connectivity index (χ0v) is 12.2. The van der Waals surface area contributed by atoms with Gasteiger partial charge in [-0.05, 0) is 29.8 Å². The van der Waals surface area contributed by atoms with Crippen molar-refractivity contribution in [3.05, 3.63) is 29.8 Å². The largest absolute Gasteiger partial charge is 0.441 e. The van der Waals surface area contributed by atoms with Gasteiger partial charge in [0.15, 0.2) is 0 Å². The highest BCUT2D eigenvalue weighted by Gasteiger charge is 2.27. The third kappa shape index (κ3) is 8.16. The van der Waals surface area contributed by atoms with Gasteiger partial charge in [-0.1, -0.05) is 18.2 Å². The van der Waals surface area contributed by atoms with Crippen LogP contribution in [-0.2, 0) is 11.2 Å². The Bertz CT molecular complexity index is 429. The van der Waals surface area contributed by atoms with E-state index >= 15 is 0 Å². The number of para-hydroxylation sites is 1. The number of carbonyl (C=O) groups is 1. The lowest BCUT2D eigenvalue weighted by Crippen LogP contribution is -2.26. The number of carbonyl (C=O) groups excluding carboxylic acids is 1. The van der Waals surface area contributed by atoms with Crippen LogP contribution in [0.4, 0.5) is 18.9 Å². The first-order chi connectivity index (χ1) is 8.88. The Morgan fingerprint density at radius 2 is 1.95 bits per heavy atom. The fraction of sp³-hybridized carbons (Fsp3) is 0.417. The predicted octanol–water partition coefficient (Wildman–Crippen LogP) is 2.99. The Morgan fingerprint density at radius 3 is 2.55 bits per heavy atom. The third-order valence-corrected chi connectivity index (χ3v) is 3.10. The molecule has 0 radical (unpaired) electrons. The van der Waals surface area contributed by atoms with E-state index in [1.807, 2.05) is 12.1 Å². The summed E-state index contributed by atoms with van der Waals surface area (Å²) >= 11 is -0.142. The van der Waals surface area contributed by atoms with Gasteiger partial charge >= 0.3 is 5.51 Å². The summed E-state index contributed by atoms with van der Waals surface area (Å²) in [5.41, 5.74) is 2.95. The Kier molecular flexibility index (Phi) is 8.48. The van der Waals surface area contributed by atoms with Crippen LogP contribution in [0, 0.1) is 0 Å². The zero-order chi connectivity index (χ0) is 14.3. The Morgan fingerprint density at radius 1 is 1.30 bits per heavy atom. The van der Waals surface area contributed by atoms with Crippen molar-refractivity contribution in [3.8, 4) is 0 Å². The van der Waals surface area contributed by atoms with Crippen molar-refractivity contribution < 1.29 is 18.0 Å². The molecule has 114 valence electrons. The van der Waals surface area contributed by atoms with Crippen molar-refractivity contribution in [2.75, 3.05) is 18.0 Å². The standard InChI is InChI=1S/C12H15F3N2OS.ClH/c13-12(14,15)19-8-7-17-11(18)6-5-9-3-1-2-4-10(9)16;/h1-4H,5-8,16H2,(H,17,18);1H. The summed E-state index contributed by atoms with van der Waals surface area (Å²) in [6.07, 6.45) is 0.690. The van der Waals surface area contributed by atoms with Crippen LogP contribution in [0.25, 0.3) is 0 Å². The summed E-state index contributed by atoms with van der Waals surface area (Å²) in [4.78, 5) is 11.4. The normalized spacial score (nSPS) is 10.8. The van der Waals surface area contributed by atoms with E-state index in [-0.39, 0.29) is 48.8 Å². The van der Waals surface area contributed by atoms with Crippen LogP contribution in [0.5, 0.6) is 0 Å². The van der Waals surface area contributed by atoms with Gasteiger partial charge in [-0.25, -0.2) is 0 Å². The molecule has 0 aliphatic rings. The van der Waals surface area contributed by atoms with Gasteiger partial charge < -0.3 is 11.1 Å². The average Bonchev–Trinajstić information content (AvgIpc) is 2.32. The monoisotopic (exact) mass is 328 g/mol. The number of anilines is 1. The molecule has 0 heterocycles. The highest BCUT2D eigenvalue weighted by molar-refractivity contribution is 8.00. The number of hydrogen-bond acceptors (Lipinski definition) is 3. The second-order valence-electron chi connectivity index (χ2n) is 3.84. The Labute approximate surface area is 125 Å². The first kappa shape index (κ1) is 18.9. The molecule has 0 saturated heterocycles. The molecule has 0 saturated carbocycles. The van der Waals surface area contributed by atoms with Crippen molar-refractivity contribution in [1.29, 1.82) is 0 Å². The highest BCUT2D eigenvalue weighted by atomic mass is 35.5. The Hall–Kier alpha value is -1.08. The van der Waals surface area contributed by atoms with Crippen molar-refractivity contribution in [3.63, 3.8) is 0 Å². The molecular weight excluding hydrogens is 313 g/mol. The summed E-state index contributed by atoms with van der Waals surface area (Å²) in [5, 5.41) is 2.44. The molecule has 1 aromatic carbocycles. The molecule has 20 heavy (non-hydrogen) atoms. The van der Waals surface area contributed by atoms with Crippen molar-refractivity contribution >= 4 is 35.8 Å². The molecule has 3 N–H and O–H groups in total. The molecule has 0 spiro atoms. The van der Waals surface area contributed by atoms with Crippen molar-refractivity contribution in [1.82, 2.24) is 5.32 Å². The van der Waals surface area contributed by atoms with Gasteiger partial charge in [-0.15, -0.1) is 12.4 Å². The van der Waals surface area contributed by atoms with Crippen LogP contribution in [-0.4, -0.2) is 23.7 Å². The lowest BCUT2D eigenvalue weighted by molar-refractivity contribution is -0.120. The number of nitrogens with two attached hydrogens (primary N) is 1. The molecule has 0 unspecified atom stereocenters. The molecule has 0 aliphatic heterocycles. The van der Waals surface area contributed by atoms with Crippen LogP contribution in [0.3, 0.4) is 0 Å². The molecule has 0 aliphatic carbocycles. The number of hydrogen-bond donors (Lipinski definition) is 2. The number of benzene rings is 1. The van der Waals surface area contributed by atoms with E-state index in [9.17, 15) is 18.0 Å². The lowest BCUT2D eigenvalue weighted by Gasteiger charge is -2.08.